The van der Waals surface area contributed by atoms with Crippen LogP contribution in [-0.2, 0) is 17.6 Å². The van der Waals surface area contributed by atoms with Crippen molar-refractivity contribution < 1.29 is 9.32 Å². The third-order valence-corrected chi connectivity index (χ3v) is 6.54. The minimum Gasteiger partial charge on any atom is -0.356 e. The topological polar surface area (TPSA) is 98.7 Å². The third-order valence-electron chi connectivity index (χ3n) is 5.64. The Kier molecular flexibility index (Phi) is 7.81. The number of aromatic nitrogens is 5. The van der Waals surface area contributed by atoms with E-state index >= 15 is 0 Å². The van der Waals surface area contributed by atoms with Gasteiger partial charge in [-0.2, -0.15) is 4.98 Å². The smallest absolute Gasteiger partial charge is 0.227 e. The van der Waals surface area contributed by atoms with E-state index in [1.165, 1.54) is 25.7 Å². The van der Waals surface area contributed by atoms with Gasteiger partial charge in [0.2, 0.25) is 17.6 Å². The van der Waals surface area contributed by atoms with Crippen LogP contribution in [0.2, 0.25) is 5.02 Å². The molecule has 1 saturated carbocycles. The van der Waals surface area contributed by atoms with Gasteiger partial charge < -0.3 is 14.4 Å². The maximum atomic E-state index is 12.2. The summed E-state index contributed by atoms with van der Waals surface area (Å²) in [6.45, 7) is 0.602. The molecule has 1 amide bonds. The molecule has 170 valence electrons. The maximum Gasteiger partial charge on any atom is 0.227 e. The van der Waals surface area contributed by atoms with Gasteiger partial charge in [0.05, 0.1) is 0 Å². The normalized spacial score (nSPS) is 14.2. The summed E-state index contributed by atoms with van der Waals surface area (Å²) >= 11 is 7.55. The lowest BCUT2D eigenvalue weighted by Gasteiger charge is -2.16. The highest BCUT2D eigenvalue weighted by Gasteiger charge is 2.23. The summed E-state index contributed by atoms with van der Waals surface area (Å²) in [6, 6.07) is 7.74. The van der Waals surface area contributed by atoms with Crippen molar-refractivity contribution in [3.8, 4) is 11.4 Å². The average molecular weight is 475 g/mol. The number of rotatable bonds is 10. The van der Waals surface area contributed by atoms with Gasteiger partial charge in [-0.15, -0.1) is 10.2 Å². The second-order valence-corrected chi connectivity index (χ2v) is 9.09. The van der Waals surface area contributed by atoms with Gasteiger partial charge in [-0.1, -0.05) is 41.4 Å². The van der Waals surface area contributed by atoms with E-state index in [9.17, 15) is 4.79 Å². The molecule has 0 aliphatic heterocycles. The quantitative estimate of drug-likeness (QED) is 0.341. The molecule has 8 nitrogen and oxygen atoms in total. The Morgan fingerprint density at radius 2 is 2.00 bits per heavy atom. The van der Waals surface area contributed by atoms with E-state index in [0.29, 0.717) is 42.2 Å². The van der Waals surface area contributed by atoms with Gasteiger partial charge in [-0.25, -0.2) is 0 Å². The van der Waals surface area contributed by atoms with E-state index in [1.807, 2.05) is 18.4 Å². The van der Waals surface area contributed by atoms with E-state index in [-0.39, 0.29) is 5.91 Å². The molecule has 2 heterocycles. The molecule has 0 radical (unpaired) electrons. The van der Waals surface area contributed by atoms with Crippen molar-refractivity contribution in [1.82, 2.24) is 30.2 Å². The Hall–Kier alpha value is -2.39. The summed E-state index contributed by atoms with van der Waals surface area (Å²) < 4.78 is 7.58. The van der Waals surface area contributed by atoms with Crippen LogP contribution in [0.5, 0.6) is 0 Å². The van der Waals surface area contributed by atoms with Crippen molar-refractivity contribution in [1.29, 1.82) is 0 Å². The van der Waals surface area contributed by atoms with Crippen LogP contribution in [0.25, 0.3) is 11.4 Å². The first-order valence-electron chi connectivity index (χ1n) is 11.0. The number of hydrogen-bond acceptors (Lipinski definition) is 7. The van der Waals surface area contributed by atoms with Gasteiger partial charge in [0.15, 0.2) is 5.16 Å². The number of amides is 1. The fourth-order valence-corrected chi connectivity index (χ4v) is 4.70. The number of benzene rings is 1. The Labute approximate surface area is 196 Å². The Morgan fingerprint density at radius 3 is 2.75 bits per heavy atom. The van der Waals surface area contributed by atoms with E-state index in [1.54, 1.807) is 23.9 Å². The summed E-state index contributed by atoms with van der Waals surface area (Å²) in [7, 11) is 0. The number of aryl methyl sites for hydroxylation is 2. The fourth-order valence-electron chi connectivity index (χ4n) is 4.00. The van der Waals surface area contributed by atoms with Crippen LogP contribution in [0.1, 0.15) is 56.3 Å². The Morgan fingerprint density at radius 1 is 1.22 bits per heavy atom. The number of thioether (sulfide) groups is 1. The van der Waals surface area contributed by atoms with Crippen molar-refractivity contribution >= 4 is 29.3 Å². The molecule has 1 N–H and O–H groups in total. The van der Waals surface area contributed by atoms with Gasteiger partial charge in [-0.3, -0.25) is 4.79 Å². The molecule has 2 aromatic heterocycles. The lowest BCUT2D eigenvalue weighted by Crippen LogP contribution is -2.25. The van der Waals surface area contributed by atoms with Gasteiger partial charge in [-0.05, 0) is 49.8 Å². The lowest BCUT2D eigenvalue weighted by atomic mass is 10.2. The summed E-state index contributed by atoms with van der Waals surface area (Å²) in [6.07, 6.45) is 9.32. The van der Waals surface area contributed by atoms with E-state index in [0.717, 1.165) is 29.4 Å². The van der Waals surface area contributed by atoms with Crippen molar-refractivity contribution in [3.63, 3.8) is 0 Å². The predicted octanol–water partition coefficient (Wildman–Crippen LogP) is 4.50. The van der Waals surface area contributed by atoms with E-state index in [2.05, 4.69) is 30.2 Å². The zero-order valence-electron chi connectivity index (χ0n) is 18.1. The molecule has 1 fully saturated rings. The fraction of sp³-hybridized carbons (Fsp3) is 0.500. The van der Waals surface area contributed by atoms with Crippen LogP contribution in [-0.4, -0.2) is 43.6 Å². The molecule has 32 heavy (non-hydrogen) atoms. The van der Waals surface area contributed by atoms with Crippen LogP contribution < -0.4 is 5.32 Å². The first-order chi connectivity index (χ1) is 15.6. The second-order valence-electron chi connectivity index (χ2n) is 7.88. The molecule has 1 aliphatic rings. The van der Waals surface area contributed by atoms with Crippen molar-refractivity contribution in [2.24, 2.45) is 0 Å². The minimum atomic E-state index is -0.0293. The van der Waals surface area contributed by atoms with Gasteiger partial charge >= 0.3 is 0 Å². The monoisotopic (exact) mass is 474 g/mol. The first-order valence-corrected chi connectivity index (χ1v) is 12.6. The number of nitrogens with zero attached hydrogens (tertiary/aromatic N) is 5. The largest absolute Gasteiger partial charge is 0.356 e. The minimum absolute atomic E-state index is 0.0293. The molecular weight excluding hydrogens is 448 g/mol. The summed E-state index contributed by atoms with van der Waals surface area (Å²) in [4.78, 5) is 16.6. The van der Waals surface area contributed by atoms with Crippen molar-refractivity contribution in [2.45, 2.75) is 62.6 Å². The molecule has 0 spiro atoms. The molecule has 0 bridgehead atoms. The SMILES string of the molecule is CSc1nnc(CCCNC(=O)CCc2nc(-c3ccc(Cl)cc3)no2)n1C1CCCC1. The molecule has 1 aromatic carbocycles. The molecule has 4 rings (SSSR count). The Bertz CT molecular complexity index is 1030. The number of hydrogen-bond donors (Lipinski definition) is 1. The number of carbonyl (C=O) groups excluding carboxylic acids is 1. The van der Waals surface area contributed by atoms with Gasteiger partial charge in [0.25, 0.3) is 0 Å². The summed E-state index contributed by atoms with van der Waals surface area (Å²) in [5, 5.41) is 17.3. The third kappa shape index (κ3) is 5.69. The molecule has 0 unspecified atom stereocenters. The number of halogens is 1. The Balaban J connectivity index is 1.20. The van der Waals surface area contributed by atoms with Crippen LogP contribution in [0.15, 0.2) is 33.9 Å². The zero-order chi connectivity index (χ0) is 22.3. The highest BCUT2D eigenvalue weighted by atomic mass is 35.5. The molecule has 0 atom stereocenters. The van der Waals surface area contributed by atoms with Crippen molar-refractivity contribution in [2.75, 3.05) is 12.8 Å². The summed E-state index contributed by atoms with van der Waals surface area (Å²) in [5.74, 6) is 1.93. The highest BCUT2D eigenvalue weighted by Crippen LogP contribution is 2.33. The van der Waals surface area contributed by atoms with Crippen LogP contribution in [0.3, 0.4) is 0 Å². The standard InChI is InChI=1S/C22H27ClN6O2S/c1-32-22-27-26-18(29(22)17-5-2-3-6-17)7-4-14-24-19(30)12-13-20-25-21(28-31-20)15-8-10-16(23)11-9-15/h8-11,17H,2-7,12-14H2,1H3,(H,24,30). The van der Waals surface area contributed by atoms with Gasteiger partial charge in [0, 0.05) is 42.4 Å². The van der Waals surface area contributed by atoms with Crippen LogP contribution in [0, 0.1) is 0 Å². The lowest BCUT2D eigenvalue weighted by molar-refractivity contribution is -0.121. The molecular formula is C22H27ClN6O2S. The first kappa shape index (κ1) is 22.8. The predicted molar refractivity (Wildman–Crippen MR) is 124 cm³/mol. The van der Waals surface area contributed by atoms with Crippen molar-refractivity contribution in [3.05, 3.63) is 41.0 Å². The van der Waals surface area contributed by atoms with E-state index in [4.69, 9.17) is 16.1 Å². The summed E-state index contributed by atoms with van der Waals surface area (Å²) in [5.41, 5.74) is 0.823. The molecule has 10 heteroatoms. The molecule has 1 aliphatic carbocycles. The van der Waals surface area contributed by atoms with Crippen LogP contribution in [0.4, 0.5) is 0 Å². The van der Waals surface area contributed by atoms with Gasteiger partial charge in [0.1, 0.15) is 5.82 Å². The molecule has 0 saturated heterocycles. The van der Waals surface area contributed by atoms with E-state index < -0.39 is 0 Å². The average Bonchev–Trinajstić information content (AvgIpc) is 3.56. The highest BCUT2D eigenvalue weighted by molar-refractivity contribution is 7.98. The number of nitrogens with one attached hydrogen (secondary N) is 1. The maximum absolute atomic E-state index is 12.2. The zero-order valence-corrected chi connectivity index (χ0v) is 19.7. The molecule has 3 aromatic rings. The van der Waals surface area contributed by atoms with Crippen LogP contribution >= 0.6 is 23.4 Å². The second kappa shape index (κ2) is 11.0. The number of carbonyl (C=O) groups is 1.